The van der Waals surface area contributed by atoms with Crippen molar-refractivity contribution in [2.75, 3.05) is 7.11 Å². The van der Waals surface area contributed by atoms with Crippen molar-refractivity contribution in [3.63, 3.8) is 0 Å². The van der Waals surface area contributed by atoms with E-state index < -0.39 is 0 Å². The van der Waals surface area contributed by atoms with Gasteiger partial charge < -0.3 is 9.30 Å². The average molecular weight is 252 g/mol. The monoisotopic (exact) mass is 252 g/mol. The maximum Gasteiger partial charge on any atom is 0.128 e. The van der Waals surface area contributed by atoms with E-state index in [0.717, 1.165) is 23.4 Å². The lowest BCUT2D eigenvalue weighted by atomic mass is 10.2. The van der Waals surface area contributed by atoms with Crippen LogP contribution >= 0.6 is 0 Å². The molecule has 0 bridgehead atoms. The van der Waals surface area contributed by atoms with E-state index in [-0.39, 0.29) is 0 Å². The fourth-order valence-corrected chi connectivity index (χ4v) is 2.36. The zero-order valence-corrected chi connectivity index (χ0v) is 11.1. The number of methoxy groups -OCH3 is 1. The number of hydrogen-bond acceptors (Lipinski definition) is 2. The second-order valence-corrected chi connectivity index (χ2v) is 4.60. The van der Waals surface area contributed by atoms with E-state index in [2.05, 4.69) is 40.9 Å². The Morgan fingerprint density at radius 3 is 2.84 bits per heavy atom. The van der Waals surface area contributed by atoms with Crippen molar-refractivity contribution in [3.05, 3.63) is 60.0 Å². The molecule has 0 aliphatic rings. The number of aryl methyl sites for hydroxylation is 1. The molecule has 3 aromatic rings. The first-order valence-electron chi connectivity index (χ1n) is 6.32. The molecule has 3 nitrogen and oxygen atoms in total. The van der Waals surface area contributed by atoms with Crippen molar-refractivity contribution >= 4 is 10.9 Å². The molecule has 3 rings (SSSR count). The molecule has 1 aromatic carbocycles. The van der Waals surface area contributed by atoms with Crippen LogP contribution in [0.3, 0.4) is 0 Å². The third-order valence-electron chi connectivity index (χ3n) is 3.43. The van der Waals surface area contributed by atoms with Crippen LogP contribution < -0.4 is 4.74 Å². The first-order valence-corrected chi connectivity index (χ1v) is 6.32. The smallest absolute Gasteiger partial charge is 0.128 e. The standard InChI is InChI=1S/C16H16N2O/c1-12-5-4-9-17-14(12)11-18-10-8-13-15(18)6-3-7-16(13)19-2/h3-10H,11H2,1-2H3. The summed E-state index contributed by atoms with van der Waals surface area (Å²) in [4.78, 5) is 4.45. The van der Waals surface area contributed by atoms with Gasteiger partial charge in [-0.1, -0.05) is 12.1 Å². The molecule has 3 heteroatoms. The lowest BCUT2D eigenvalue weighted by molar-refractivity contribution is 0.420. The molecule has 0 unspecified atom stereocenters. The van der Waals surface area contributed by atoms with Gasteiger partial charge in [0.05, 0.1) is 24.9 Å². The van der Waals surface area contributed by atoms with E-state index in [1.807, 2.05) is 24.4 Å². The van der Waals surface area contributed by atoms with Crippen molar-refractivity contribution < 1.29 is 4.74 Å². The molecular weight excluding hydrogens is 236 g/mol. The number of pyridine rings is 1. The Bertz CT molecular complexity index is 716. The normalized spacial score (nSPS) is 10.8. The van der Waals surface area contributed by atoms with Crippen molar-refractivity contribution in [2.24, 2.45) is 0 Å². The van der Waals surface area contributed by atoms with Crippen LogP contribution in [0, 0.1) is 6.92 Å². The molecule has 0 amide bonds. The third-order valence-corrected chi connectivity index (χ3v) is 3.43. The van der Waals surface area contributed by atoms with E-state index in [4.69, 9.17) is 4.74 Å². The highest BCUT2D eigenvalue weighted by Crippen LogP contribution is 2.26. The van der Waals surface area contributed by atoms with Crippen LogP contribution in [0.25, 0.3) is 10.9 Å². The second kappa shape index (κ2) is 4.76. The quantitative estimate of drug-likeness (QED) is 0.714. The van der Waals surface area contributed by atoms with E-state index in [1.54, 1.807) is 7.11 Å². The van der Waals surface area contributed by atoms with Gasteiger partial charge >= 0.3 is 0 Å². The first kappa shape index (κ1) is 11.8. The maximum atomic E-state index is 5.39. The SMILES string of the molecule is COc1cccc2c1ccn2Cc1ncccc1C. The van der Waals surface area contributed by atoms with E-state index in [9.17, 15) is 0 Å². The minimum atomic E-state index is 0.781. The van der Waals surface area contributed by atoms with Crippen molar-refractivity contribution in [3.8, 4) is 5.75 Å². The summed E-state index contributed by atoms with van der Waals surface area (Å²) in [6.45, 7) is 2.87. The van der Waals surface area contributed by atoms with Gasteiger partial charge in [0.15, 0.2) is 0 Å². The van der Waals surface area contributed by atoms with Gasteiger partial charge in [-0.3, -0.25) is 4.98 Å². The Morgan fingerprint density at radius 2 is 2.05 bits per heavy atom. The summed E-state index contributed by atoms with van der Waals surface area (Å²) < 4.78 is 7.59. The largest absolute Gasteiger partial charge is 0.496 e. The van der Waals surface area contributed by atoms with Gasteiger partial charge in [-0.05, 0) is 36.8 Å². The predicted molar refractivity (Wildman–Crippen MR) is 76.6 cm³/mol. The number of fused-ring (bicyclic) bond motifs is 1. The molecule has 0 aliphatic carbocycles. The molecule has 0 fully saturated rings. The summed E-state index contributed by atoms with van der Waals surface area (Å²) in [5.74, 6) is 0.911. The Morgan fingerprint density at radius 1 is 1.16 bits per heavy atom. The Kier molecular flexibility index (Phi) is 2.95. The van der Waals surface area contributed by atoms with Gasteiger partial charge in [-0.2, -0.15) is 0 Å². The van der Waals surface area contributed by atoms with Gasteiger partial charge in [0.2, 0.25) is 0 Å². The van der Waals surface area contributed by atoms with Crippen molar-refractivity contribution in [1.82, 2.24) is 9.55 Å². The topological polar surface area (TPSA) is 27.1 Å². The molecule has 96 valence electrons. The lowest BCUT2D eigenvalue weighted by Gasteiger charge is -2.08. The van der Waals surface area contributed by atoms with E-state index >= 15 is 0 Å². The minimum absolute atomic E-state index is 0.781. The first-order chi connectivity index (χ1) is 9.29. The number of nitrogens with zero attached hydrogens (tertiary/aromatic N) is 2. The van der Waals surface area contributed by atoms with Crippen LogP contribution in [0.15, 0.2) is 48.8 Å². The Labute approximate surface area is 112 Å². The highest BCUT2D eigenvalue weighted by molar-refractivity contribution is 5.86. The van der Waals surface area contributed by atoms with Gasteiger partial charge in [0, 0.05) is 17.8 Å². The molecule has 2 aromatic heterocycles. The fraction of sp³-hybridized carbons (Fsp3) is 0.188. The highest BCUT2D eigenvalue weighted by Gasteiger charge is 2.07. The minimum Gasteiger partial charge on any atom is -0.496 e. The van der Waals surface area contributed by atoms with E-state index in [1.165, 1.54) is 11.1 Å². The molecule has 0 aliphatic heterocycles. The van der Waals surface area contributed by atoms with Crippen LogP contribution in [0.4, 0.5) is 0 Å². The lowest BCUT2D eigenvalue weighted by Crippen LogP contribution is -2.02. The number of benzene rings is 1. The molecule has 0 atom stereocenters. The zero-order valence-electron chi connectivity index (χ0n) is 11.1. The number of rotatable bonds is 3. The molecule has 0 spiro atoms. The maximum absolute atomic E-state index is 5.39. The molecule has 19 heavy (non-hydrogen) atoms. The molecular formula is C16H16N2O. The zero-order chi connectivity index (χ0) is 13.2. The summed E-state index contributed by atoms with van der Waals surface area (Å²) in [6, 6.07) is 12.3. The van der Waals surface area contributed by atoms with Gasteiger partial charge in [0.25, 0.3) is 0 Å². The molecule has 2 heterocycles. The van der Waals surface area contributed by atoms with Crippen LogP contribution in [-0.2, 0) is 6.54 Å². The average Bonchev–Trinajstić information content (AvgIpc) is 2.84. The van der Waals surface area contributed by atoms with Crippen molar-refractivity contribution in [2.45, 2.75) is 13.5 Å². The predicted octanol–water partition coefficient (Wildman–Crippen LogP) is 3.40. The number of hydrogen-bond donors (Lipinski definition) is 0. The highest BCUT2D eigenvalue weighted by atomic mass is 16.5. The van der Waals surface area contributed by atoms with Gasteiger partial charge in [-0.25, -0.2) is 0 Å². The summed E-state index contributed by atoms with van der Waals surface area (Å²) >= 11 is 0. The van der Waals surface area contributed by atoms with Gasteiger partial charge in [-0.15, -0.1) is 0 Å². The van der Waals surface area contributed by atoms with E-state index in [0.29, 0.717) is 0 Å². The summed E-state index contributed by atoms with van der Waals surface area (Å²) in [7, 11) is 1.70. The molecule has 0 N–H and O–H groups in total. The molecule has 0 saturated heterocycles. The number of aromatic nitrogens is 2. The Hall–Kier alpha value is -2.29. The second-order valence-electron chi connectivity index (χ2n) is 4.60. The third kappa shape index (κ3) is 2.08. The van der Waals surface area contributed by atoms with Crippen LogP contribution in [0.5, 0.6) is 5.75 Å². The van der Waals surface area contributed by atoms with Crippen LogP contribution in [-0.4, -0.2) is 16.7 Å². The molecule has 0 saturated carbocycles. The van der Waals surface area contributed by atoms with Gasteiger partial charge in [0.1, 0.15) is 5.75 Å². The molecule has 0 radical (unpaired) electrons. The summed E-state index contributed by atoms with van der Waals surface area (Å²) in [5.41, 5.74) is 3.49. The number of ether oxygens (including phenoxy) is 1. The Balaban J connectivity index is 2.05. The van der Waals surface area contributed by atoms with Crippen molar-refractivity contribution in [1.29, 1.82) is 0 Å². The summed E-state index contributed by atoms with van der Waals surface area (Å²) in [6.07, 6.45) is 3.93. The van der Waals surface area contributed by atoms with Crippen LogP contribution in [0.2, 0.25) is 0 Å². The summed E-state index contributed by atoms with van der Waals surface area (Å²) in [5, 5.41) is 1.14. The van der Waals surface area contributed by atoms with Crippen LogP contribution in [0.1, 0.15) is 11.3 Å². The fourth-order valence-electron chi connectivity index (χ4n) is 2.36.